The van der Waals surface area contributed by atoms with Crippen LogP contribution in [-0.4, -0.2) is 48.8 Å². The van der Waals surface area contributed by atoms with Crippen molar-refractivity contribution in [1.82, 2.24) is 10.2 Å². The van der Waals surface area contributed by atoms with Gasteiger partial charge in [0, 0.05) is 18.6 Å². The molecule has 0 bridgehead atoms. The lowest BCUT2D eigenvalue weighted by Crippen LogP contribution is -2.43. The Balaban J connectivity index is 1.60. The molecule has 0 radical (unpaired) electrons. The van der Waals surface area contributed by atoms with E-state index in [9.17, 15) is 5.11 Å². The minimum absolute atomic E-state index is 0.0855. The van der Waals surface area contributed by atoms with Gasteiger partial charge < -0.3 is 15.3 Å². The van der Waals surface area contributed by atoms with Gasteiger partial charge in [-0.05, 0) is 70.9 Å². The third-order valence-electron chi connectivity index (χ3n) is 4.83. The minimum Gasteiger partial charge on any atom is -0.394 e. The molecule has 2 fully saturated rings. The van der Waals surface area contributed by atoms with Gasteiger partial charge in [-0.25, -0.2) is 0 Å². The summed E-state index contributed by atoms with van der Waals surface area (Å²) in [5.41, 5.74) is -0.0855. The van der Waals surface area contributed by atoms with Crippen LogP contribution < -0.4 is 5.32 Å². The van der Waals surface area contributed by atoms with E-state index in [-0.39, 0.29) is 12.1 Å². The molecule has 2 rings (SSSR count). The van der Waals surface area contributed by atoms with Gasteiger partial charge >= 0.3 is 0 Å². The van der Waals surface area contributed by atoms with Crippen LogP contribution in [0.15, 0.2) is 0 Å². The molecule has 1 unspecified atom stereocenters. The van der Waals surface area contributed by atoms with Gasteiger partial charge in [0.1, 0.15) is 0 Å². The van der Waals surface area contributed by atoms with Gasteiger partial charge in [0.15, 0.2) is 0 Å². The summed E-state index contributed by atoms with van der Waals surface area (Å²) in [5.74, 6) is 2.03. The number of hydrogen-bond donors (Lipinski definition) is 2. The fraction of sp³-hybridized carbons (Fsp3) is 1.00. The van der Waals surface area contributed by atoms with E-state index in [1.165, 1.54) is 58.2 Å². The molecule has 2 aliphatic carbocycles. The molecule has 0 aliphatic heterocycles. The molecule has 3 heteroatoms. The largest absolute Gasteiger partial charge is 0.394 e. The first-order valence-corrected chi connectivity index (χ1v) is 8.17. The molecule has 1 atom stereocenters. The summed E-state index contributed by atoms with van der Waals surface area (Å²) < 4.78 is 0. The van der Waals surface area contributed by atoms with Crippen LogP contribution in [0, 0.1) is 11.8 Å². The number of rotatable bonds is 11. The van der Waals surface area contributed by atoms with Crippen molar-refractivity contribution < 1.29 is 5.11 Å². The Hall–Kier alpha value is -0.120. The van der Waals surface area contributed by atoms with Crippen LogP contribution in [0.3, 0.4) is 0 Å². The number of aliphatic hydroxyl groups is 1. The molecule has 2 N–H and O–H groups in total. The Morgan fingerprint density at radius 3 is 2.11 bits per heavy atom. The molecule has 2 aliphatic rings. The highest BCUT2D eigenvalue weighted by Gasteiger charge is 2.29. The molecule has 112 valence electrons. The molecule has 0 saturated heterocycles. The molecule has 19 heavy (non-hydrogen) atoms. The van der Waals surface area contributed by atoms with Crippen molar-refractivity contribution in [1.29, 1.82) is 0 Å². The molecule has 0 aromatic rings. The smallest absolute Gasteiger partial charge is 0.0610 e. The highest BCUT2D eigenvalue weighted by atomic mass is 16.3. The molecule has 0 spiro atoms. The fourth-order valence-electron chi connectivity index (χ4n) is 2.72. The quantitative estimate of drug-likeness (QED) is 0.564. The molecular weight excluding hydrogens is 236 g/mol. The van der Waals surface area contributed by atoms with Crippen molar-refractivity contribution >= 4 is 0 Å². The Kier molecular flexibility index (Phi) is 5.67. The van der Waals surface area contributed by atoms with Gasteiger partial charge in [0.05, 0.1) is 6.61 Å². The molecule has 0 aromatic carbocycles. The number of nitrogens with zero attached hydrogens (tertiary/aromatic N) is 1. The van der Waals surface area contributed by atoms with Crippen molar-refractivity contribution in [3.63, 3.8) is 0 Å². The number of aliphatic hydroxyl groups excluding tert-OH is 1. The zero-order chi connectivity index (χ0) is 13.7. The lowest BCUT2D eigenvalue weighted by molar-refractivity contribution is 0.167. The first-order chi connectivity index (χ1) is 9.15. The van der Waals surface area contributed by atoms with E-state index in [0.29, 0.717) is 0 Å². The third kappa shape index (κ3) is 5.80. The van der Waals surface area contributed by atoms with Gasteiger partial charge in [-0.3, -0.25) is 0 Å². The second-order valence-electron chi connectivity index (χ2n) is 7.07. The lowest BCUT2D eigenvalue weighted by Gasteiger charge is -2.27. The van der Waals surface area contributed by atoms with Gasteiger partial charge in [-0.1, -0.05) is 6.42 Å². The van der Waals surface area contributed by atoms with E-state index in [2.05, 4.69) is 17.1 Å². The maximum atomic E-state index is 9.38. The third-order valence-corrected chi connectivity index (χ3v) is 4.83. The number of likely N-dealkylation sites (N-methyl/N-ethyl adjacent to an activating group) is 1. The van der Waals surface area contributed by atoms with E-state index < -0.39 is 0 Å². The normalized spacial score (nSPS) is 22.7. The van der Waals surface area contributed by atoms with Gasteiger partial charge in [-0.2, -0.15) is 0 Å². The van der Waals surface area contributed by atoms with E-state index in [1.54, 1.807) is 0 Å². The summed E-state index contributed by atoms with van der Waals surface area (Å²) in [7, 11) is 1.95. The Morgan fingerprint density at radius 1 is 1.11 bits per heavy atom. The van der Waals surface area contributed by atoms with Gasteiger partial charge in [0.25, 0.3) is 0 Å². The average Bonchev–Trinajstić information content (AvgIpc) is 3.30. The Bertz CT molecular complexity index is 243. The molecule has 0 aromatic heterocycles. The summed E-state index contributed by atoms with van der Waals surface area (Å²) in [6, 6.07) is 0. The lowest BCUT2D eigenvalue weighted by atomic mass is 9.96. The molecule has 0 heterocycles. The van der Waals surface area contributed by atoms with Gasteiger partial charge in [0.2, 0.25) is 0 Å². The van der Waals surface area contributed by atoms with E-state index in [4.69, 9.17) is 0 Å². The van der Waals surface area contributed by atoms with Crippen LogP contribution in [0.2, 0.25) is 0 Å². The molecule has 3 nitrogen and oxygen atoms in total. The van der Waals surface area contributed by atoms with Crippen LogP contribution in [0.25, 0.3) is 0 Å². The summed E-state index contributed by atoms with van der Waals surface area (Å²) in [5, 5.41) is 12.6. The summed E-state index contributed by atoms with van der Waals surface area (Å²) in [4.78, 5) is 2.71. The fourth-order valence-corrected chi connectivity index (χ4v) is 2.72. The van der Waals surface area contributed by atoms with E-state index in [1.807, 2.05) is 7.05 Å². The first-order valence-electron chi connectivity index (χ1n) is 8.17. The maximum absolute atomic E-state index is 9.38. The monoisotopic (exact) mass is 268 g/mol. The Morgan fingerprint density at radius 2 is 1.68 bits per heavy atom. The van der Waals surface area contributed by atoms with Gasteiger partial charge in [-0.15, -0.1) is 0 Å². The zero-order valence-electron chi connectivity index (χ0n) is 12.8. The minimum atomic E-state index is -0.0855. The van der Waals surface area contributed by atoms with Crippen molar-refractivity contribution in [3.05, 3.63) is 0 Å². The number of nitrogens with one attached hydrogen (secondary N) is 1. The Labute approximate surface area is 118 Å². The zero-order valence-corrected chi connectivity index (χ0v) is 12.8. The summed E-state index contributed by atoms with van der Waals surface area (Å²) >= 11 is 0. The van der Waals surface area contributed by atoms with Crippen molar-refractivity contribution in [2.24, 2.45) is 11.8 Å². The molecular formula is C16H32N2O. The summed E-state index contributed by atoms with van der Waals surface area (Å²) in [6.45, 7) is 6.30. The number of unbranched alkanes of at least 4 members (excludes halogenated alkanes) is 1. The number of hydrogen-bond acceptors (Lipinski definition) is 3. The predicted molar refractivity (Wildman–Crippen MR) is 80.3 cm³/mol. The molecule has 0 amide bonds. The topological polar surface area (TPSA) is 35.5 Å². The standard InChI is InChI=1S/C16H32N2O/c1-16(13-19,17-2)9-3-4-10-18(11-14-5-6-14)12-15-7-8-15/h14-15,17,19H,3-13H2,1-2H3. The highest BCUT2D eigenvalue weighted by molar-refractivity contribution is 4.83. The average molecular weight is 268 g/mol. The maximum Gasteiger partial charge on any atom is 0.0610 e. The first kappa shape index (κ1) is 15.3. The predicted octanol–water partition coefficient (Wildman–Crippen LogP) is 2.25. The van der Waals surface area contributed by atoms with Crippen LogP contribution >= 0.6 is 0 Å². The molecule has 2 saturated carbocycles. The van der Waals surface area contributed by atoms with Crippen molar-refractivity contribution in [3.8, 4) is 0 Å². The highest BCUT2D eigenvalue weighted by Crippen LogP contribution is 2.33. The van der Waals surface area contributed by atoms with Crippen LogP contribution in [0.5, 0.6) is 0 Å². The van der Waals surface area contributed by atoms with Crippen molar-refractivity contribution in [2.45, 2.75) is 57.4 Å². The van der Waals surface area contributed by atoms with Crippen molar-refractivity contribution in [2.75, 3.05) is 33.3 Å². The van der Waals surface area contributed by atoms with Crippen LogP contribution in [-0.2, 0) is 0 Å². The second kappa shape index (κ2) is 7.05. The van der Waals surface area contributed by atoms with E-state index >= 15 is 0 Å². The summed E-state index contributed by atoms with van der Waals surface area (Å²) in [6.07, 6.45) is 9.40. The van der Waals surface area contributed by atoms with Crippen LogP contribution in [0.4, 0.5) is 0 Å². The SMILES string of the molecule is CNC(C)(CO)CCCCN(CC1CC1)CC1CC1. The second-order valence-corrected chi connectivity index (χ2v) is 7.07. The van der Waals surface area contributed by atoms with E-state index in [0.717, 1.165) is 18.3 Å². The van der Waals surface area contributed by atoms with Crippen LogP contribution in [0.1, 0.15) is 51.9 Å².